The van der Waals surface area contributed by atoms with Crippen molar-refractivity contribution in [2.75, 3.05) is 25.1 Å². The second-order valence-electron chi connectivity index (χ2n) is 6.87. The molecule has 35 heavy (non-hydrogen) atoms. The van der Waals surface area contributed by atoms with E-state index in [9.17, 15) is 10.1 Å². The predicted octanol–water partition coefficient (Wildman–Crippen LogP) is 5.81. The van der Waals surface area contributed by atoms with Crippen molar-refractivity contribution >= 4 is 51.7 Å². The monoisotopic (exact) mass is 532 g/mol. The van der Waals surface area contributed by atoms with Gasteiger partial charge in [-0.25, -0.2) is 0 Å². The molecule has 0 aliphatic heterocycles. The number of hydrogen-bond acceptors (Lipinski definition) is 8. The van der Waals surface area contributed by atoms with Gasteiger partial charge < -0.3 is 14.2 Å². The number of aromatic nitrogens is 2. The number of carbonyl (C=O) groups is 1. The van der Waals surface area contributed by atoms with Crippen molar-refractivity contribution in [2.24, 2.45) is 0 Å². The van der Waals surface area contributed by atoms with Crippen LogP contribution < -0.4 is 19.5 Å². The van der Waals surface area contributed by atoms with Crippen LogP contribution in [0.1, 0.15) is 24.4 Å². The minimum atomic E-state index is -0.600. The fraction of sp³-hybridized carbons (Fsp3) is 0.250. The first-order valence-electron chi connectivity index (χ1n) is 10.7. The summed E-state index contributed by atoms with van der Waals surface area (Å²) in [6.45, 7) is 4.54. The number of nitrogens with zero attached hydrogens (tertiary/aromatic N) is 3. The number of nitriles is 1. The molecule has 0 fully saturated rings. The van der Waals surface area contributed by atoms with Crippen molar-refractivity contribution in [1.82, 2.24) is 10.2 Å². The summed E-state index contributed by atoms with van der Waals surface area (Å²) >= 11 is 13.8. The highest BCUT2D eigenvalue weighted by atomic mass is 35.5. The molecular weight excluding hydrogens is 511 g/mol. The van der Waals surface area contributed by atoms with Crippen molar-refractivity contribution in [1.29, 1.82) is 5.26 Å². The van der Waals surface area contributed by atoms with E-state index in [0.29, 0.717) is 46.0 Å². The van der Waals surface area contributed by atoms with E-state index in [2.05, 4.69) is 15.5 Å². The number of benzene rings is 2. The van der Waals surface area contributed by atoms with Crippen LogP contribution in [0, 0.1) is 11.3 Å². The van der Waals surface area contributed by atoms with Gasteiger partial charge in [0, 0.05) is 0 Å². The van der Waals surface area contributed by atoms with Gasteiger partial charge in [-0.3, -0.25) is 10.1 Å². The van der Waals surface area contributed by atoms with Gasteiger partial charge in [0.25, 0.3) is 5.91 Å². The molecule has 1 amide bonds. The van der Waals surface area contributed by atoms with Crippen LogP contribution in [-0.2, 0) is 11.2 Å². The molecule has 0 spiro atoms. The molecule has 0 saturated carbocycles. The van der Waals surface area contributed by atoms with Crippen molar-refractivity contribution in [3.8, 4) is 23.3 Å². The second-order valence-corrected chi connectivity index (χ2v) is 8.75. The number of anilines is 1. The molecule has 182 valence electrons. The first kappa shape index (κ1) is 26.3. The van der Waals surface area contributed by atoms with Gasteiger partial charge in [-0.1, -0.05) is 53.6 Å². The summed E-state index contributed by atoms with van der Waals surface area (Å²) in [6, 6.07) is 12.3. The van der Waals surface area contributed by atoms with E-state index >= 15 is 0 Å². The van der Waals surface area contributed by atoms with Gasteiger partial charge in [0.2, 0.25) is 5.13 Å². The molecule has 0 atom stereocenters. The lowest BCUT2D eigenvalue weighted by Gasteiger charge is -2.15. The highest BCUT2D eigenvalue weighted by Gasteiger charge is 2.16. The normalized spacial score (nSPS) is 11.0. The first-order chi connectivity index (χ1) is 16.9. The molecule has 1 N–H and O–H groups in total. The van der Waals surface area contributed by atoms with E-state index in [1.807, 2.05) is 32.0 Å². The third-order valence-electron chi connectivity index (χ3n) is 4.42. The highest BCUT2D eigenvalue weighted by Crippen LogP contribution is 2.37. The number of halogens is 2. The van der Waals surface area contributed by atoms with Crippen LogP contribution >= 0.6 is 34.5 Å². The maximum absolute atomic E-state index is 12.5. The predicted molar refractivity (Wildman–Crippen MR) is 137 cm³/mol. The molecule has 1 heterocycles. The molecule has 3 rings (SSSR count). The zero-order valence-electron chi connectivity index (χ0n) is 19.0. The fourth-order valence-electron chi connectivity index (χ4n) is 2.86. The number of nitrogens with one attached hydrogen (secondary N) is 1. The maximum atomic E-state index is 12.5. The molecule has 3 aromatic rings. The number of aryl methyl sites for hydroxylation is 1. The van der Waals surface area contributed by atoms with Gasteiger partial charge in [0.1, 0.15) is 35.6 Å². The Labute approximate surface area is 217 Å². The van der Waals surface area contributed by atoms with Crippen LogP contribution in [0.2, 0.25) is 10.0 Å². The van der Waals surface area contributed by atoms with Gasteiger partial charge in [0.15, 0.2) is 11.5 Å². The quantitative estimate of drug-likeness (QED) is 0.188. The maximum Gasteiger partial charge on any atom is 0.268 e. The van der Waals surface area contributed by atoms with Crippen LogP contribution in [0.4, 0.5) is 5.13 Å². The van der Waals surface area contributed by atoms with Gasteiger partial charge in [-0.15, -0.1) is 10.2 Å². The standard InChI is InChI=1S/C24H22Cl2N4O4S/c1-3-21-29-30-24(35-21)28-23(31)16(14-27)11-15-12-18(26)22(20(13-15)32-4-2)34-10-9-33-19-8-6-5-7-17(19)25/h5-8,11-13H,3-4,9-10H2,1-2H3,(H,28,30,31)/b16-11-. The third kappa shape index (κ3) is 7.33. The lowest BCUT2D eigenvalue weighted by Crippen LogP contribution is -2.13. The summed E-state index contributed by atoms with van der Waals surface area (Å²) in [4.78, 5) is 12.5. The van der Waals surface area contributed by atoms with Gasteiger partial charge in [-0.05, 0) is 49.2 Å². The third-order valence-corrected chi connectivity index (χ3v) is 6.00. The Morgan fingerprint density at radius 2 is 1.86 bits per heavy atom. The van der Waals surface area contributed by atoms with E-state index in [0.717, 1.165) is 5.01 Å². The van der Waals surface area contributed by atoms with Crippen molar-refractivity contribution in [3.63, 3.8) is 0 Å². The Morgan fingerprint density at radius 3 is 2.54 bits per heavy atom. The Balaban J connectivity index is 1.72. The van der Waals surface area contributed by atoms with E-state index in [-0.39, 0.29) is 23.8 Å². The molecule has 0 aliphatic rings. The average molecular weight is 533 g/mol. The molecule has 0 radical (unpaired) electrons. The topological polar surface area (TPSA) is 106 Å². The van der Waals surface area contributed by atoms with Crippen molar-refractivity contribution < 1.29 is 19.0 Å². The van der Waals surface area contributed by atoms with Crippen LogP contribution in [0.3, 0.4) is 0 Å². The molecule has 0 aliphatic carbocycles. The summed E-state index contributed by atoms with van der Waals surface area (Å²) < 4.78 is 17.1. The molecular formula is C24H22Cl2N4O4S. The molecule has 11 heteroatoms. The van der Waals surface area contributed by atoms with Crippen LogP contribution in [0.15, 0.2) is 42.0 Å². The van der Waals surface area contributed by atoms with Crippen LogP contribution in [0.25, 0.3) is 6.08 Å². The largest absolute Gasteiger partial charge is 0.490 e. The first-order valence-corrected chi connectivity index (χ1v) is 12.2. The smallest absolute Gasteiger partial charge is 0.268 e. The zero-order valence-corrected chi connectivity index (χ0v) is 21.3. The summed E-state index contributed by atoms with van der Waals surface area (Å²) in [7, 11) is 0. The molecule has 1 aromatic heterocycles. The molecule has 8 nitrogen and oxygen atoms in total. The van der Waals surface area contributed by atoms with Gasteiger partial charge >= 0.3 is 0 Å². The van der Waals surface area contributed by atoms with Gasteiger partial charge in [0.05, 0.1) is 16.7 Å². The molecule has 0 saturated heterocycles. The Bertz CT molecular complexity index is 1260. The summed E-state index contributed by atoms with van der Waals surface area (Å²) in [5.74, 6) is 0.657. The summed E-state index contributed by atoms with van der Waals surface area (Å²) in [6.07, 6.45) is 2.11. The molecule has 2 aromatic carbocycles. The number of hydrogen-bond donors (Lipinski definition) is 1. The number of amides is 1. The lowest BCUT2D eigenvalue weighted by molar-refractivity contribution is -0.112. The van der Waals surface area contributed by atoms with Crippen molar-refractivity contribution in [2.45, 2.75) is 20.3 Å². The van der Waals surface area contributed by atoms with Gasteiger partial charge in [-0.2, -0.15) is 5.26 Å². The molecule has 0 bridgehead atoms. The Hall–Kier alpha value is -3.32. The zero-order chi connectivity index (χ0) is 25.2. The van der Waals surface area contributed by atoms with E-state index in [4.69, 9.17) is 37.4 Å². The summed E-state index contributed by atoms with van der Waals surface area (Å²) in [5.41, 5.74) is 0.370. The van der Waals surface area contributed by atoms with E-state index < -0.39 is 5.91 Å². The summed E-state index contributed by atoms with van der Waals surface area (Å²) in [5, 5.41) is 21.8. The number of rotatable bonds is 11. The highest BCUT2D eigenvalue weighted by molar-refractivity contribution is 7.15. The lowest BCUT2D eigenvalue weighted by atomic mass is 10.1. The Morgan fingerprint density at radius 1 is 1.09 bits per heavy atom. The van der Waals surface area contributed by atoms with Crippen LogP contribution in [0.5, 0.6) is 17.2 Å². The molecule has 0 unspecified atom stereocenters. The number of para-hydroxylation sites is 1. The number of ether oxygens (including phenoxy) is 3. The van der Waals surface area contributed by atoms with E-state index in [1.165, 1.54) is 17.4 Å². The minimum Gasteiger partial charge on any atom is -0.490 e. The average Bonchev–Trinajstić information content (AvgIpc) is 3.30. The minimum absolute atomic E-state index is 0.126. The fourth-order valence-corrected chi connectivity index (χ4v) is 4.00. The SMILES string of the molecule is CCOc1cc(/C=C(/C#N)C(=O)Nc2nnc(CC)s2)cc(Cl)c1OCCOc1ccccc1Cl. The van der Waals surface area contributed by atoms with E-state index in [1.54, 1.807) is 24.3 Å². The van der Waals surface area contributed by atoms with Crippen LogP contribution in [-0.4, -0.2) is 35.9 Å². The number of carbonyl (C=O) groups excluding carboxylic acids is 1. The Kier molecular flexibility index (Phi) is 9.73. The second kappa shape index (κ2) is 13.0. The van der Waals surface area contributed by atoms with Crippen molar-refractivity contribution in [3.05, 3.63) is 62.6 Å².